The number of anilines is 1. The third-order valence-corrected chi connectivity index (χ3v) is 6.66. The summed E-state index contributed by atoms with van der Waals surface area (Å²) < 4.78 is 38.7. The number of thiazole rings is 1. The van der Waals surface area contributed by atoms with Gasteiger partial charge in [0.25, 0.3) is 10.0 Å². The summed E-state index contributed by atoms with van der Waals surface area (Å²) in [5.41, 5.74) is 1.45. The van der Waals surface area contributed by atoms with E-state index < -0.39 is 10.0 Å². The van der Waals surface area contributed by atoms with Crippen LogP contribution in [0.2, 0.25) is 0 Å². The fourth-order valence-electron chi connectivity index (χ4n) is 2.96. The maximum atomic E-state index is 12.8. The second-order valence-electron chi connectivity index (χ2n) is 6.22. The van der Waals surface area contributed by atoms with E-state index in [2.05, 4.69) is 9.71 Å². The molecule has 1 N–H and O–H groups in total. The first-order valence-corrected chi connectivity index (χ1v) is 11.1. The van der Waals surface area contributed by atoms with E-state index in [9.17, 15) is 8.42 Å². The lowest BCUT2D eigenvalue weighted by Gasteiger charge is -2.08. The van der Waals surface area contributed by atoms with Crippen molar-refractivity contribution >= 4 is 37.3 Å². The average Bonchev–Trinajstić information content (AvgIpc) is 3.20. The Balaban J connectivity index is 1.61. The Bertz CT molecular complexity index is 1280. The smallest absolute Gasteiger partial charge is 0.263 e. The summed E-state index contributed by atoms with van der Waals surface area (Å²) in [6.45, 7) is 0. The largest absolute Gasteiger partial charge is 0.493 e. The summed E-state index contributed by atoms with van der Waals surface area (Å²) in [5.74, 6) is 1.19. The highest BCUT2D eigenvalue weighted by atomic mass is 32.2. The molecule has 8 heteroatoms. The number of methoxy groups -OCH3 is 2. The van der Waals surface area contributed by atoms with Crippen LogP contribution in [0.5, 0.6) is 11.5 Å². The van der Waals surface area contributed by atoms with Crippen molar-refractivity contribution in [1.29, 1.82) is 0 Å². The molecule has 4 rings (SSSR count). The van der Waals surface area contributed by atoms with E-state index in [0.29, 0.717) is 22.3 Å². The Hall–Kier alpha value is -3.10. The van der Waals surface area contributed by atoms with Crippen LogP contribution in [0.4, 0.5) is 5.13 Å². The van der Waals surface area contributed by atoms with E-state index in [0.717, 1.165) is 16.3 Å². The lowest BCUT2D eigenvalue weighted by Crippen LogP contribution is -2.12. The minimum Gasteiger partial charge on any atom is -0.493 e. The Morgan fingerprint density at radius 2 is 1.66 bits per heavy atom. The molecule has 0 aliphatic carbocycles. The molecular weight excluding hydrogens is 408 g/mol. The number of nitrogens with zero attached hydrogens (tertiary/aromatic N) is 1. The molecule has 6 nitrogen and oxygen atoms in total. The van der Waals surface area contributed by atoms with Crippen LogP contribution in [0, 0.1) is 0 Å². The topological polar surface area (TPSA) is 77.5 Å². The molecule has 0 radical (unpaired) electrons. The number of sulfonamides is 1. The molecule has 0 spiro atoms. The number of fused-ring (bicyclic) bond motifs is 1. The van der Waals surface area contributed by atoms with Crippen LogP contribution in [-0.2, 0) is 10.0 Å². The highest BCUT2D eigenvalue weighted by Gasteiger charge is 2.17. The molecule has 3 aromatic carbocycles. The van der Waals surface area contributed by atoms with Gasteiger partial charge in [-0.2, -0.15) is 0 Å². The second-order valence-corrected chi connectivity index (χ2v) is 8.76. The van der Waals surface area contributed by atoms with E-state index in [1.807, 2.05) is 30.3 Å². The lowest BCUT2D eigenvalue weighted by atomic mass is 10.1. The Labute approximate surface area is 172 Å². The van der Waals surface area contributed by atoms with Crippen LogP contribution in [0.15, 0.2) is 70.9 Å². The molecule has 4 aromatic rings. The van der Waals surface area contributed by atoms with E-state index in [-0.39, 0.29) is 4.90 Å². The molecule has 0 atom stereocenters. The predicted molar refractivity (Wildman–Crippen MR) is 115 cm³/mol. The molecule has 0 fully saturated rings. The molecule has 0 saturated carbocycles. The number of ether oxygens (including phenoxy) is 2. The number of nitrogens with one attached hydrogen (secondary N) is 1. The molecule has 0 unspecified atom stereocenters. The number of benzene rings is 3. The molecule has 0 aliphatic heterocycles. The van der Waals surface area contributed by atoms with E-state index in [1.54, 1.807) is 49.9 Å². The molecule has 1 heterocycles. The van der Waals surface area contributed by atoms with Crippen LogP contribution in [-0.4, -0.2) is 27.6 Å². The molecule has 1 aromatic heterocycles. The van der Waals surface area contributed by atoms with Gasteiger partial charge in [0.2, 0.25) is 0 Å². The third-order valence-electron chi connectivity index (χ3n) is 4.44. The fraction of sp³-hybridized carbons (Fsp3) is 0.0952. The van der Waals surface area contributed by atoms with Gasteiger partial charge in [0.1, 0.15) is 0 Å². The number of rotatable bonds is 6. The van der Waals surface area contributed by atoms with Crippen LogP contribution in [0.25, 0.3) is 22.0 Å². The third kappa shape index (κ3) is 3.90. The maximum Gasteiger partial charge on any atom is 0.263 e. The summed E-state index contributed by atoms with van der Waals surface area (Å²) in [4.78, 5) is 4.61. The number of hydrogen-bond acceptors (Lipinski definition) is 6. The molecule has 29 heavy (non-hydrogen) atoms. The van der Waals surface area contributed by atoms with E-state index >= 15 is 0 Å². The van der Waals surface area contributed by atoms with Gasteiger partial charge in [-0.3, -0.25) is 4.72 Å². The minimum atomic E-state index is -3.74. The minimum absolute atomic E-state index is 0.194. The first-order chi connectivity index (χ1) is 14.0. The van der Waals surface area contributed by atoms with Crippen molar-refractivity contribution < 1.29 is 17.9 Å². The lowest BCUT2D eigenvalue weighted by molar-refractivity contribution is 0.355. The standard InChI is InChI=1S/C21H18N2O4S2/c1-26-19-10-8-16(12-20(19)27-2)18-13-28-21(22-18)23-29(24,25)17-9-7-14-5-3-4-6-15(14)11-17/h3-13H,1-2H3,(H,22,23). The van der Waals surface area contributed by atoms with Gasteiger partial charge in [0.15, 0.2) is 16.6 Å². The van der Waals surface area contributed by atoms with Gasteiger partial charge in [-0.15, -0.1) is 11.3 Å². The molecular formula is C21H18N2O4S2. The van der Waals surface area contributed by atoms with Crippen molar-refractivity contribution in [1.82, 2.24) is 4.98 Å². The number of hydrogen-bond donors (Lipinski definition) is 1. The monoisotopic (exact) mass is 426 g/mol. The summed E-state index contributed by atoms with van der Waals surface area (Å²) in [6, 6.07) is 18.1. The predicted octanol–water partition coefficient (Wildman–Crippen LogP) is 4.78. The van der Waals surface area contributed by atoms with Crippen LogP contribution >= 0.6 is 11.3 Å². The van der Waals surface area contributed by atoms with Gasteiger partial charge in [-0.1, -0.05) is 30.3 Å². The van der Waals surface area contributed by atoms with Crippen LogP contribution < -0.4 is 14.2 Å². The highest BCUT2D eigenvalue weighted by Crippen LogP contribution is 2.34. The zero-order valence-corrected chi connectivity index (χ0v) is 17.4. The molecule has 0 amide bonds. The second kappa shape index (κ2) is 7.73. The first-order valence-electron chi connectivity index (χ1n) is 8.70. The van der Waals surface area contributed by atoms with E-state index in [4.69, 9.17) is 9.47 Å². The van der Waals surface area contributed by atoms with Gasteiger partial charge >= 0.3 is 0 Å². The number of aromatic nitrogens is 1. The van der Waals surface area contributed by atoms with Crippen molar-refractivity contribution in [2.45, 2.75) is 4.90 Å². The van der Waals surface area contributed by atoms with Crippen molar-refractivity contribution in [3.8, 4) is 22.8 Å². The quantitative estimate of drug-likeness (QED) is 0.480. The summed E-state index contributed by atoms with van der Waals surface area (Å²) in [6.07, 6.45) is 0. The Kier molecular flexibility index (Phi) is 5.12. The van der Waals surface area contributed by atoms with Gasteiger partial charge in [0.05, 0.1) is 24.8 Å². The summed E-state index contributed by atoms with van der Waals surface area (Å²) in [7, 11) is -0.613. The first kappa shape index (κ1) is 19.2. The van der Waals surface area contributed by atoms with Gasteiger partial charge in [0, 0.05) is 10.9 Å². The maximum absolute atomic E-state index is 12.8. The van der Waals surface area contributed by atoms with Crippen molar-refractivity contribution in [2.75, 3.05) is 18.9 Å². The van der Waals surface area contributed by atoms with Gasteiger partial charge in [-0.25, -0.2) is 13.4 Å². The SMILES string of the molecule is COc1ccc(-c2csc(NS(=O)(=O)c3ccc4ccccc4c3)n2)cc1OC. The van der Waals surface area contributed by atoms with E-state index in [1.165, 1.54) is 11.3 Å². The molecule has 0 saturated heterocycles. The van der Waals surface area contributed by atoms with Gasteiger partial charge in [-0.05, 0) is 41.1 Å². The van der Waals surface area contributed by atoms with Gasteiger partial charge < -0.3 is 9.47 Å². The normalized spacial score (nSPS) is 11.4. The molecule has 148 valence electrons. The fourth-order valence-corrected chi connectivity index (χ4v) is 4.96. The average molecular weight is 427 g/mol. The summed E-state index contributed by atoms with van der Waals surface area (Å²) >= 11 is 1.22. The Morgan fingerprint density at radius 3 is 2.41 bits per heavy atom. The summed E-state index contributed by atoms with van der Waals surface area (Å²) in [5, 5.41) is 3.93. The van der Waals surface area contributed by atoms with Crippen LogP contribution in [0.3, 0.4) is 0 Å². The van der Waals surface area contributed by atoms with Crippen molar-refractivity contribution in [2.24, 2.45) is 0 Å². The van der Waals surface area contributed by atoms with Crippen molar-refractivity contribution in [3.05, 3.63) is 66.0 Å². The Morgan fingerprint density at radius 1 is 0.897 bits per heavy atom. The van der Waals surface area contributed by atoms with Crippen molar-refractivity contribution in [3.63, 3.8) is 0 Å². The zero-order valence-electron chi connectivity index (χ0n) is 15.7. The molecule has 0 bridgehead atoms. The zero-order chi connectivity index (χ0) is 20.4. The highest BCUT2D eigenvalue weighted by molar-refractivity contribution is 7.93. The van der Waals surface area contributed by atoms with Crippen LogP contribution in [0.1, 0.15) is 0 Å². The molecule has 0 aliphatic rings.